The second kappa shape index (κ2) is 6.18. The van der Waals surface area contributed by atoms with E-state index in [9.17, 15) is 21.6 Å². The third kappa shape index (κ3) is 5.29. The van der Waals surface area contributed by atoms with Gasteiger partial charge in [-0.2, -0.15) is 21.6 Å². The first-order valence-electron chi connectivity index (χ1n) is 6.49. The lowest BCUT2D eigenvalue weighted by atomic mass is 10.2. The van der Waals surface area contributed by atoms with Gasteiger partial charge in [-0.1, -0.05) is 47.6 Å². The molecule has 0 saturated heterocycles. The molecule has 0 aliphatic carbocycles. The summed E-state index contributed by atoms with van der Waals surface area (Å²) < 4.78 is 64.1. The summed E-state index contributed by atoms with van der Waals surface area (Å²) in [5.41, 5.74) is -4.31. The number of hydrogen-bond acceptors (Lipinski definition) is 3. The fourth-order valence-electron chi connectivity index (χ4n) is 1.85. The third-order valence-corrected chi connectivity index (χ3v) is 8.29. The first-order valence-corrected chi connectivity index (χ1v) is 14.0. The van der Waals surface area contributed by atoms with Gasteiger partial charge in [0.05, 0.1) is 0 Å². The van der Waals surface area contributed by atoms with Crippen molar-refractivity contribution < 1.29 is 25.2 Å². The summed E-state index contributed by atoms with van der Waals surface area (Å²) in [6.07, 6.45) is 2.76. The van der Waals surface area contributed by atoms with Crippen LogP contribution < -0.4 is 0 Å². The van der Waals surface area contributed by atoms with Crippen LogP contribution in [0, 0.1) is 0 Å². The molecule has 0 radical (unpaired) electrons. The van der Waals surface area contributed by atoms with Crippen molar-refractivity contribution in [3.05, 3.63) is 29.8 Å². The maximum Gasteiger partial charge on any atom is 0.523 e. The van der Waals surface area contributed by atoms with Crippen LogP contribution in [0.25, 0.3) is 0 Å². The Labute approximate surface area is 132 Å². The van der Waals surface area contributed by atoms with Crippen LogP contribution in [0.3, 0.4) is 0 Å². The van der Waals surface area contributed by atoms with Crippen molar-refractivity contribution in [3.63, 3.8) is 0 Å². The molecule has 0 N–H and O–H groups in total. The van der Waals surface area contributed by atoms with Crippen LogP contribution in [0.15, 0.2) is 29.2 Å². The first-order chi connectivity index (χ1) is 9.64. The fourth-order valence-corrected chi connectivity index (χ4v) is 6.52. The number of halogens is 3. The van der Waals surface area contributed by atoms with Crippen molar-refractivity contribution in [2.45, 2.75) is 36.1 Å². The van der Waals surface area contributed by atoms with Gasteiger partial charge in [0.2, 0.25) is 0 Å². The Kier molecular flexibility index (Phi) is 5.49. The molecule has 0 aromatic heterocycles. The molecule has 0 heterocycles. The number of benzene rings is 1. The minimum absolute atomic E-state index is 0.458. The van der Waals surface area contributed by atoms with Crippen LogP contribution in [0.1, 0.15) is 5.56 Å². The van der Waals surface area contributed by atoms with Gasteiger partial charge in [-0.25, -0.2) is 3.63 Å². The average Bonchev–Trinajstić information content (AvgIpc) is 2.24. The molecule has 0 spiro atoms. The molecule has 9 heteroatoms. The molecule has 128 valence electrons. The number of hydrogen-bond donors (Lipinski definition) is 0. The summed E-state index contributed by atoms with van der Waals surface area (Å²) in [4.78, 5) is 0.458. The van der Waals surface area contributed by atoms with Crippen molar-refractivity contribution >= 4 is 28.5 Å². The van der Waals surface area contributed by atoms with Crippen LogP contribution in [0.5, 0.6) is 0 Å². The summed E-state index contributed by atoms with van der Waals surface area (Å²) in [5.74, 6) is 0. The fraction of sp³-hybridized carbons (Fsp3) is 0.538. The normalized spacial score (nSPS) is 14.9. The monoisotopic (exact) mass is 374 g/mol. The van der Waals surface area contributed by atoms with Crippen molar-refractivity contribution in [1.82, 2.24) is 0 Å². The van der Waals surface area contributed by atoms with Gasteiger partial charge < -0.3 is 0 Å². The quantitative estimate of drug-likeness (QED) is 0.570. The lowest BCUT2D eigenvalue weighted by molar-refractivity contribution is -0.0495. The van der Waals surface area contributed by atoms with Crippen molar-refractivity contribution in [2.75, 3.05) is 12.5 Å². The predicted octanol–water partition coefficient (Wildman–Crippen LogP) is 4.31. The van der Waals surface area contributed by atoms with Gasteiger partial charge in [0.1, 0.15) is 0 Å². The predicted molar refractivity (Wildman–Crippen MR) is 87.3 cm³/mol. The van der Waals surface area contributed by atoms with E-state index in [-0.39, 0.29) is 0 Å². The van der Waals surface area contributed by atoms with E-state index in [1.807, 2.05) is 12.1 Å². The summed E-state index contributed by atoms with van der Waals surface area (Å²) in [6.45, 7) is 6.65. The molecular formula is C13H21F3O3S2Si. The van der Waals surface area contributed by atoms with Gasteiger partial charge in [-0.3, -0.25) is 0 Å². The van der Waals surface area contributed by atoms with Crippen LogP contribution in [0.4, 0.5) is 13.2 Å². The van der Waals surface area contributed by atoms with E-state index in [0.29, 0.717) is 4.90 Å². The highest BCUT2D eigenvalue weighted by atomic mass is 32.3. The van der Waals surface area contributed by atoms with Gasteiger partial charge in [-0.15, -0.1) is 0 Å². The molecule has 3 nitrogen and oxygen atoms in total. The average molecular weight is 375 g/mol. The second-order valence-electron chi connectivity index (χ2n) is 6.58. The van der Waals surface area contributed by atoms with Gasteiger partial charge in [0.15, 0.2) is 0 Å². The lowest BCUT2D eigenvalue weighted by Gasteiger charge is -2.30. The minimum atomic E-state index is -5.60. The van der Waals surface area contributed by atoms with E-state index >= 15 is 0 Å². The van der Waals surface area contributed by atoms with Crippen LogP contribution in [0.2, 0.25) is 19.6 Å². The van der Waals surface area contributed by atoms with Crippen LogP contribution >= 0.6 is 10.3 Å². The molecule has 0 atom stereocenters. The second-order valence-corrected chi connectivity index (χ2v) is 16.9. The molecule has 1 aromatic rings. The molecular weight excluding hydrogens is 353 g/mol. The Morgan fingerprint density at radius 2 is 1.50 bits per heavy atom. The van der Waals surface area contributed by atoms with E-state index in [4.69, 9.17) is 0 Å². The van der Waals surface area contributed by atoms with Gasteiger partial charge in [-0.05, 0) is 30.7 Å². The molecule has 0 saturated carbocycles. The van der Waals surface area contributed by atoms with Crippen molar-refractivity contribution in [3.8, 4) is 0 Å². The van der Waals surface area contributed by atoms with E-state index in [1.165, 1.54) is 12.5 Å². The Balaban J connectivity index is 3.00. The summed E-state index contributed by atoms with van der Waals surface area (Å²) in [6, 6.07) is 7.90. The van der Waals surface area contributed by atoms with E-state index in [2.05, 4.69) is 23.3 Å². The smallest absolute Gasteiger partial charge is 0.209 e. The minimum Gasteiger partial charge on any atom is -0.209 e. The molecule has 0 amide bonds. The summed E-state index contributed by atoms with van der Waals surface area (Å²) >= 11 is 0. The zero-order valence-corrected chi connectivity index (χ0v) is 15.8. The zero-order chi connectivity index (χ0) is 17.4. The topological polar surface area (TPSA) is 43.4 Å². The standard InChI is InChI=1S/C13H21F3O3S2Si/c1-20(2,19-21(17,18)13(14,15)16)12-8-6-11(7-9-12)10-22(3,4)5/h6-9H,10H2,1-5H3. The number of rotatable bonds is 5. The maximum atomic E-state index is 12.4. The Morgan fingerprint density at radius 1 is 1.05 bits per heavy atom. The molecule has 0 aliphatic rings. The molecule has 0 unspecified atom stereocenters. The van der Waals surface area contributed by atoms with Crippen molar-refractivity contribution in [2.24, 2.45) is 0 Å². The molecule has 22 heavy (non-hydrogen) atoms. The lowest BCUT2D eigenvalue weighted by Crippen LogP contribution is -2.26. The Morgan fingerprint density at radius 3 is 1.86 bits per heavy atom. The van der Waals surface area contributed by atoms with Gasteiger partial charge in [0, 0.05) is 13.0 Å². The molecule has 1 aromatic carbocycles. The summed E-state index contributed by atoms with van der Waals surface area (Å²) in [7, 11) is -9.45. The van der Waals surface area contributed by atoms with Gasteiger partial charge >= 0.3 is 15.6 Å². The highest BCUT2D eigenvalue weighted by Gasteiger charge is 2.49. The molecule has 1 rings (SSSR count). The molecule has 0 aliphatic heterocycles. The van der Waals surface area contributed by atoms with Crippen LogP contribution in [-0.4, -0.2) is 34.5 Å². The Hall–Kier alpha value is -0.513. The van der Waals surface area contributed by atoms with Crippen molar-refractivity contribution in [1.29, 1.82) is 0 Å². The van der Waals surface area contributed by atoms with E-state index in [0.717, 1.165) is 11.6 Å². The zero-order valence-electron chi connectivity index (χ0n) is 13.2. The molecule has 0 fully saturated rings. The maximum absolute atomic E-state index is 12.4. The highest BCUT2D eigenvalue weighted by molar-refractivity contribution is 8.32. The van der Waals surface area contributed by atoms with Crippen LogP contribution in [-0.2, 0) is 19.8 Å². The third-order valence-electron chi connectivity index (χ3n) is 2.77. The summed E-state index contributed by atoms with van der Waals surface area (Å²) in [5, 5.41) is 0. The largest absolute Gasteiger partial charge is 0.523 e. The Bertz CT molecular complexity index is 617. The SMILES string of the molecule is C[Si](C)(C)Cc1ccc(S(C)(C)OS(=O)(=O)C(F)(F)F)cc1. The van der Waals surface area contributed by atoms with E-state index < -0.39 is 34.0 Å². The highest BCUT2D eigenvalue weighted by Crippen LogP contribution is 2.53. The first kappa shape index (κ1) is 19.5. The number of alkyl halides is 3. The van der Waals surface area contributed by atoms with Gasteiger partial charge in [0.25, 0.3) is 0 Å². The van der Waals surface area contributed by atoms with E-state index in [1.54, 1.807) is 12.1 Å². The molecule has 0 bridgehead atoms.